The number of aromatic carboxylic acids is 2. The number of rotatable bonds is 6. The van der Waals surface area contributed by atoms with Crippen molar-refractivity contribution in [3.05, 3.63) is 29.3 Å². The highest BCUT2D eigenvalue weighted by molar-refractivity contribution is 6.08. The summed E-state index contributed by atoms with van der Waals surface area (Å²) in [6, 6.07) is 3.83. The SMILES string of the molecule is CCOCC(=O)Nc1cccc(C(=O)O)c1C(=O)O. The third-order valence-corrected chi connectivity index (χ3v) is 2.22. The summed E-state index contributed by atoms with van der Waals surface area (Å²) >= 11 is 0. The fraction of sp³-hybridized carbons (Fsp3) is 0.250. The largest absolute Gasteiger partial charge is 0.478 e. The zero-order chi connectivity index (χ0) is 14.4. The van der Waals surface area contributed by atoms with Crippen LogP contribution in [0.4, 0.5) is 5.69 Å². The van der Waals surface area contributed by atoms with Crippen LogP contribution in [-0.4, -0.2) is 41.3 Å². The molecule has 7 heteroatoms. The van der Waals surface area contributed by atoms with Gasteiger partial charge in [0.25, 0.3) is 0 Å². The van der Waals surface area contributed by atoms with Crippen molar-refractivity contribution in [3.8, 4) is 0 Å². The second-order valence-electron chi connectivity index (χ2n) is 3.52. The molecule has 3 N–H and O–H groups in total. The Morgan fingerprint density at radius 2 is 1.89 bits per heavy atom. The molecule has 1 amide bonds. The minimum Gasteiger partial charge on any atom is -0.478 e. The average molecular weight is 267 g/mol. The number of hydrogen-bond acceptors (Lipinski definition) is 4. The van der Waals surface area contributed by atoms with E-state index in [9.17, 15) is 14.4 Å². The number of carbonyl (C=O) groups is 3. The number of carbonyl (C=O) groups excluding carboxylic acids is 1. The molecule has 0 heterocycles. The van der Waals surface area contributed by atoms with Gasteiger partial charge in [0.2, 0.25) is 5.91 Å². The van der Waals surface area contributed by atoms with E-state index >= 15 is 0 Å². The van der Waals surface area contributed by atoms with E-state index in [0.717, 1.165) is 6.07 Å². The Morgan fingerprint density at radius 3 is 2.42 bits per heavy atom. The molecule has 0 fully saturated rings. The Morgan fingerprint density at radius 1 is 1.21 bits per heavy atom. The molecule has 0 saturated heterocycles. The maximum absolute atomic E-state index is 11.5. The van der Waals surface area contributed by atoms with Crippen LogP contribution in [0.1, 0.15) is 27.6 Å². The van der Waals surface area contributed by atoms with Gasteiger partial charge in [-0.2, -0.15) is 0 Å². The van der Waals surface area contributed by atoms with Crippen LogP contribution >= 0.6 is 0 Å². The third-order valence-electron chi connectivity index (χ3n) is 2.22. The van der Waals surface area contributed by atoms with Crippen molar-refractivity contribution in [3.63, 3.8) is 0 Å². The quantitative estimate of drug-likeness (QED) is 0.710. The first-order valence-electron chi connectivity index (χ1n) is 5.44. The molecule has 0 radical (unpaired) electrons. The lowest BCUT2D eigenvalue weighted by atomic mass is 10.1. The van der Waals surface area contributed by atoms with Crippen molar-refractivity contribution >= 4 is 23.5 Å². The molecule has 0 aliphatic heterocycles. The van der Waals surface area contributed by atoms with Crippen LogP contribution in [0, 0.1) is 0 Å². The molecular weight excluding hydrogens is 254 g/mol. The first-order valence-corrected chi connectivity index (χ1v) is 5.44. The standard InChI is InChI=1S/C12H13NO6/c1-2-19-6-9(14)13-8-5-3-4-7(11(15)16)10(8)12(17)18/h3-5H,2,6H2,1H3,(H,13,14)(H,15,16)(H,17,18). The normalized spacial score (nSPS) is 9.95. The predicted molar refractivity (Wildman–Crippen MR) is 65.5 cm³/mol. The number of anilines is 1. The summed E-state index contributed by atoms with van der Waals surface area (Å²) in [4.78, 5) is 33.5. The molecule has 1 aromatic carbocycles. The van der Waals surface area contributed by atoms with Gasteiger partial charge in [0, 0.05) is 6.61 Å². The molecule has 0 saturated carbocycles. The van der Waals surface area contributed by atoms with E-state index in [1.165, 1.54) is 12.1 Å². The Kier molecular flexibility index (Phi) is 5.01. The number of benzene rings is 1. The Labute approximate surface area is 108 Å². The number of carboxylic acid groups (broad SMARTS) is 2. The topological polar surface area (TPSA) is 113 Å². The molecule has 19 heavy (non-hydrogen) atoms. The van der Waals surface area contributed by atoms with Crippen LogP contribution < -0.4 is 5.32 Å². The van der Waals surface area contributed by atoms with Crippen molar-refractivity contribution in [2.24, 2.45) is 0 Å². The van der Waals surface area contributed by atoms with Gasteiger partial charge >= 0.3 is 11.9 Å². The molecule has 0 aliphatic rings. The molecule has 0 atom stereocenters. The van der Waals surface area contributed by atoms with Gasteiger partial charge in [0.15, 0.2) is 0 Å². The highest BCUT2D eigenvalue weighted by Gasteiger charge is 2.20. The van der Waals surface area contributed by atoms with Gasteiger partial charge < -0.3 is 20.3 Å². The molecule has 0 aliphatic carbocycles. The lowest BCUT2D eigenvalue weighted by molar-refractivity contribution is -0.120. The molecule has 1 rings (SSSR count). The van der Waals surface area contributed by atoms with E-state index in [1.807, 2.05) is 0 Å². The minimum absolute atomic E-state index is 0.0721. The van der Waals surface area contributed by atoms with Crippen LogP contribution in [0.25, 0.3) is 0 Å². The minimum atomic E-state index is -1.43. The van der Waals surface area contributed by atoms with Crippen LogP contribution in [-0.2, 0) is 9.53 Å². The second-order valence-corrected chi connectivity index (χ2v) is 3.52. The van der Waals surface area contributed by atoms with Crippen LogP contribution in [0.2, 0.25) is 0 Å². The van der Waals surface area contributed by atoms with E-state index in [2.05, 4.69) is 5.32 Å². The molecule has 0 spiro atoms. The first kappa shape index (κ1) is 14.7. The summed E-state index contributed by atoms with van der Waals surface area (Å²) in [5.74, 6) is -3.35. The van der Waals surface area contributed by atoms with Gasteiger partial charge in [-0.25, -0.2) is 9.59 Å². The Balaban J connectivity index is 3.07. The summed E-state index contributed by atoms with van der Waals surface area (Å²) in [5, 5.41) is 20.3. The van der Waals surface area contributed by atoms with Crippen molar-refractivity contribution < 1.29 is 29.3 Å². The van der Waals surface area contributed by atoms with Crippen molar-refractivity contribution in [2.45, 2.75) is 6.92 Å². The molecular formula is C12H13NO6. The van der Waals surface area contributed by atoms with Crippen LogP contribution in [0.3, 0.4) is 0 Å². The van der Waals surface area contributed by atoms with E-state index in [-0.39, 0.29) is 17.9 Å². The molecule has 1 aromatic rings. The van der Waals surface area contributed by atoms with Gasteiger partial charge in [0.05, 0.1) is 16.8 Å². The maximum Gasteiger partial charge on any atom is 0.338 e. The van der Waals surface area contributed by atoms with Crippen molar-refractivity contribution in [1.29, 1.82) is 0 Å². The van der Waals surface area contributed by atoms with Gasteiger partial charge in [-0.1, -0.05) is 6.07 Å². The lowest BCUT2D eigenvalue weighted by Gasteiger charge is -2.10. The van der Waals surface area contributed by atoms with E-state index in [4.69, 9.17) is 14.9 Å². The zero-order valence-electron chi connectivity index (χ0n) is 10.2. The number of carboxylic acids is 2. The van der Waals surface area contributed by atoms with Crippen molar-refractivity contribution in [2.75, 3.05) is 18.5 Å². The third kappa shape index (κ3) is 3.78. The summed E-state index contributed by atoms with van der Waals surface area (Å²) in [6.07, 6.45) is 0. The van der Waals surface area contributed by atoms with Crippen molar-refractivity contribution in [1.82, 2.24) is 0 Å². The van der Waals surface area contributed by atoms with Gasteiger partial charge in [-0.05, 0) is 19.1 Å². The summed E-state index contributed by atoms with van der Waals surface area (Å²) in [7, 11) is 0. The Hall–Kier alpha value is -2.41. The monoisotopic (exact) mass is 267 g/mol. The van der Waals surface area contributed by atoms with E-state index in [1.54, 1.807) is 6.92 Å². The van der Waals surface area contributed by atoms with Gasteiger partial charge in [-0.15, -0.1) is 0 Å². The fourth-order valence-electron chi connectivity index (χ4n) is 1.45. The molecule has 102 valence electrons. The maximum atomic E-state index is 11.5. The zero-order valence-corrected chi connectivity index (χ0v) is 10.2. The number of hydrogen-bond donors (Lipinski definition) is 3. The molecule has 0 aromatic heterocycles. The smallest absolute Gasteiger partial charge is 0.338 e. The summed E-state index contributed by atoms with van der Waals surface area (Å²) in [6.45, 7) is 1.82. The van der Waals surface area contributed by atoms with E-state index in [0.29, 0.717) is 6.61 Å². The van der Waals surface area contributed by atoms with Gasteiger partial charge in [0.1, 0.15) is 6.61 Å². The first-order chi connectivity index (χ1) is 8.97. The van der Waals surface area contributed by atoms with Crippen LogP contribution in [0.5, 0.6) is 0 Å². The summed E-state index contributed by atoms with van der Waals surface area (Å²) in [5.41, 5.74) is -0.918. The number of nitrogens with one attached hydrogen (secondary N) is 1. The number of ether oxygens (including phenoxy) is 1. The fourth-order valence-corrected chi connectivity index (χ4v) is 1.45. The highest BCUT2D eigenvalue weighted by Crippen LogP contribution is 2.20. The summed E-state index contributed by atoms with van der Waals surface area (Å²) < 4.78 is 4.87. The number of amides is 1. The van der Waals surface area contributed by atoms with E-state index < -0.39 is 23.4 Å². The molecule has 7 nitrogen and oxygen atoms in total. The molecule has 0 bridgehead atoms. The van der Waals surface area contributed by atoms with Crippen LogP contribution in [0.15, 0.2) is 18.2 Å². The Bertz CT molecular complexity index is 511. The molecule has 0 unspecified atom stereocenters. The second kappa shape index (κ2) is 6.50. The lowest BCUT2D eigenvalue weighted by Crippen LogP contribution is -2.21. The predicted octanol–water partition coefficient (Wildman–Crippen LogP) is 1.06. The highest BCUT2D eigenvalue weighted by atomic mass is 16.5. The van der Waals surface area contributed by atoms with Gasteiger partial charge in [-0.3, -0.25) is 4.79 Å². The average Bonchev–Trinajstić information content (AvgIpc) is 2.35.